The summed E-state index contributed by atoms with van der Waals surface area (Å²) in [6, 6.07) is 10.4. The van der Waals surface area contributed by atoms with Gasteiger partial charge < -0.3 is 14.2 Å². The third-order valence-electron chi connectivity index (χ3n) is 4.00. The van der Waals surface area contributed by atoms with Crippen molar-refractivity contribution < 1.29 is 8.83 Å². The number of benzene rings is 1. The van der Waals surface area contributed by atoms with E-state index < -0.39 is 0 Å². The molecule has 0 saturated carbocycles. The highest BCUT2D eigenvalue weighted by molar-refractivity contribution is 5.83. The Morgan fingerprint density at radius 2 is 1.90 bits per heavy atom. The van der Waals surface area contributed by atoms with Crippen molar-refractivity contribution in [3.63, 3.8) is 0 Å². The fraction of sp³-hybridized carbons (Fsp3) is 0.333. The summed E-state index contributed by atoms with van der Waals surface area (Å²) in [6.45, 7) is 6.12. The molecule has 0 aliphatic rings. The Bertz CT molecular complexity index is 767. The molecule has 0 radical (unpaired) electrons. The van der Waals surface area contributed by atoms with E-state index in [1.807, 2.05) is 33.0 Å². The first kappa shape index (κ1) is 14.0. The smallest absolute Gasteiger partial charge is 0.134 e. The van der Waals surface area contributed by atoms with Gasteiger partial charge in [0.15, 0.2) is 0 Å². The molecular formula is C18H21NO2. The Kier molecular flexibility index (Phi) is 3.60. The number of nitrogens with one attached hydrogen (secondary N) is 1. The largest absolute Gasteiger partial charge is 0.466 e. The lowest BCUT2D eigenvalue weighted by Crippen LogP contribution is -2.18. The van der Waals surface area contributed by atoms with Crippen molar-refractivity contribution >= 4 is 11.0 Å². The molecule has 0 saturated heterocycles. The lowest BCUT2D eigenvalue weighted by atomic mass is 9.95. The van der Waals surface area contributed by atoms with Gasteiger partial charge in [0.2, 0.25) is 0 Å². The summed E-state index contributed by atoms with van der Waals surface area (Å²) in [7, 11) is 1.98. The van der Waals surface area contributed by atoms with Gasteiger partial charge in [0, 0.05) is 22.9 Å². The van der Waals surface area contributed by atoms with E-state index in [0.717, 1.165) is 29.3 Å². The van der Waals surface area contributed by atoms with Gasteiger partial charge in [-0.2, -0.15) is 0 Å². The number of hydrogen-bond acceptors (Lipinski definition) is 3. The van der Waals surface area contributed by atoms with Crippen LogP contribution in [0.4, 0.5) is 0 Å². The lowest BCUT2D eigenvalue weighted by molar-refractivity contribution is 0.495. The molecule has 2 heterocycles. The van der Waals surface area contributed by atoms with E-state index in [4.69, 9.17) is 8.83 Å². The normalized spacial score (nSPS) is 13.0. The number of para-hydroxylation sites is 1. The molecule has 0 aliphatic carbocycles. The van der Waals surface area contributed by atoms with Gasteiger partial charge in [-0.3, -0.25) is 0 Å². The SMILES string of the molecule is CCc1oc2ccccc2c1C(NC)c1cc(C)oc1C. The van der Waals surface area contributed by atoms with Crippen molar-refractivity contribution in [2.45, 2.75) is 33.2 Å². The predicted octanol–water partition coefficient (Wildman–Crippen LogP) is 4.51. The van der Waals surface area contributed by atoms with Crippen LogP contribution in [0.2, 0.25) is 0 Å². The highest BCUT2D eigenvalue weighted by Crippen LogP contribution is 2.36. The highest BCUT2D eigenvalue weighted by Gasteiger charge is 2.24. The van der Waals surface area contributed by atoms with Crippen molar-refractivity contribution in [1.29, 1.82) is 0 Å². The third kappa shape index (κ3) is 2.28. The molecule has 0 fully saturated rings. The molecule has 1 atom stereocenters. The molecule has 3 rings (SSSR count). The molecule has 1 N–H and O–H groups in total. The first-order chi connectivity index (χ1) is 10.2. The van der Waals surface area contributed by atoms with Crippen LogP contribution in [0.1, 0.15) is 41.4 Å². The molecule has 0 aliphatic heterocycles. The van der Waals surface area contributed by atoms with Gasteiger partial charge in [-0.25, -0.2) is 0 Å². The Labute approximate surface area is 124 Å². The van der Waals surface area contributed by atoms with Crippen LogP contribution in [-0.4, -0.2) is 7.05 Å². The van der Waals surface area contributed by atoms with E-state index in [0.29, 0.717) is 0 Å². The third-order valence-corrected chi connectivity index (χ3v) is 4.00. The molecule has 21 heavy (non-hydrogen) atoms. The van der Waals surface area contributed by atoms with Crippen molar-refractivity contribution in [3.05, 3.63) is 58.7 Å². The summed E-state index contributed by atoms with van der Waals surface area (Å²) in [6.07, 6.45) is 0.873. The van der Waals surface area contributed by atoms with E-state index in [9.17, 15) is 0 Å². The van der Waals surface area contributed by atoms with Crippen LogP contribution < -0.4 is 5.32 Å². The molecule has 1 unspecified atom stereocenters. The maximum Gasteiger partial charge on any atom is 0.134 e. The van der Waals surface area contributed by atoms with E-state index in [2.05, 4.69) is 30.4 Å². The quantitative estimate of drug-likeness (QED) is 0.765. The van der Waals surface area contributed by atoms with Gasteiger partial charge in [0.1, 0.15) is 22.9 Å². The van der Waals surface area contributed by atoms with E-state index in [1.54, 1.807) is 0 Å². The van der Waals surface area contributed by atoms with Crippen molar-refractivity contribution in [2.24, 2.45) is 0 Å². The van der Waals surface area contributed by atoms with E-state index in [1.165, 1.54) is 16.5 Å². The second-order valence-corrected chi connectivity index (χ2v) is 5.38. The van der Waals surface area contributed by atoms with Crippen LogP contribution in [0.15, 0.2) is 39.2 Å². The zero-order chi connectivity index (χ0) is 15.0. The second-order valence-electron chi connectivity index (χ2n) is 5.38. The zero-order valence-electron chi connectivity index (χ0n) is 13.0. The molecule has 1 aromatic carbocycles. The minimum Gasteiger partial charge on any atom is -0.466 e. The summed E-state index contributed by atoms with van der Waals surface area (Å²) in [4.78, 5) is 0. The van der Waals surface area contributed by atoms with Gasteiger partial charge in [0.25, 0.3) is 0 Å². The second kappa shape index (κ2) is 5.41. The molecular weight excluding hydrogens is 262 g/mol. The standard InChI is InChI=1S/C18H21NO2/c1-5-15-17(13-8-6-7-9-16(13)21-15)18(19-4)14-10-11(2)20-12(14)3/h6-10,18-19H,5H2,1-4H3. The van der Waals surface area contributed by atoms with Crippen molar-refractivity contribution in [1.82, 2.24) is 5.32 Å². The van der Waals surface area contributed by atoms with Crippen LogP contribution in [0.5, 0.6) is 0 Å². The number of aryl methyl sites for hydroxylation is 3. The predicted molar refractivity (Wildman–Crippen MR) is 84.7 cm³/mol. The van der Waals surface area contributed by atoms with Crippen LogP contribution >= 0.6 is 0 Å². The monoisotopic (exact) mass is 283 g/mol. The molecule has 0 amide bonds. The average molecular weight is 283 g/mol. The fourth-order valence-corrected chi connectivity index (χ4v) is 3.09. The van der Waals surface area contributed by atoms with E-state index in [-0.39, 0.29) is 6.04 Å². The zero-order valence-corrected chi connectivity index (χ0v) is 13.0. The van der Waals surface area contributed by atoms with Crippen LogP contribution in [-0.2, 0) is 6.42 Å². The van der Waals surface area contributed by atoms with Gasteiger partial charge in [-0.1, -0.05) is 25.1 Å². The van der Waals surface area contributed by atoms with Crippen molar-refractivity contribution in [2.75, 3.05) is 7.05 Å². The summed E-state index contributed by atoms with van der Waals surface area (Å²) >= 11 is 0. The van der Waals surface area contributed by atoms with Crippen molar-refractivity contribution in [3.8, 4) is 0 Å². The van der Waals surface area contributed by atoms with Gasteiger partial charge in [-0.15, -0.1) is 0 Å². The Morgan fingerprint density at radius 1 is 1.14 bits per heavy atom. The van der Waals surface area contributed by atoms with Gasteiger partial charge in [-0.05, 0) is 33.0 Å². The van der Waals surface area contributed by atoms with Gasteiger partial charge >= 0.3 is 0 Å². The topological polar surface area (TPSA) is 38.3 Å². The first-order valence-electron chi connectivity index (χ1n) is 7.40. The summed E-state index contributed by atoms with van der Waals surface area (Å²) in [5, 5.41) is 4.59. The molecule has 3 nitrogen and oxygen atoms in total. The maximum absolute atomic E-state index is 6.03. The number of rotatable bonds is 4. The van der Waals surface area contributed by atoms with Crippen LogP contribution in [0, 0.1) is 13.8 Å². The summed E-state index contributed by atoms with van der Waals surface area (Å²) < 4.78 is 11.7. The fourth-order valence-electron chi connectivity index (χ4n) is 3.09. The maximum atomic E-state index is 6.03. The molecule has 110 valence electrons. The average Bonchev–Trinajstić information content (AvgIpc) is 3.01. The summed E-state index contributed by atoms with van der Waals surface area (Å²) in [5.41, 5.74) is 3.35. The van der Waals surface area contributed by atoms with E-state index >= 15 is 0 Å². The Hall–Kier alpha value is -2.00. The number of furan rings is 2. The highest BCUT2D eigenvalue weighted by atomic mass is 16.3. The molecule has 0 spiro atoms. The summed E-state index contributed by atoms with van der Waals surface area (Å²) in [5.74, 6) is 2.93. The minimum absolute atomic E-state index is 0.0843. The Morgan fingerprint density at radius 3 is 2.52 bits per heavy atom. The van der Waals surface area contributed by atoms with Gasteiger partial charge in [0.05, 0.1) is 6.04 Å². The number of fused-ring (bicyclic) bond motifs is 1. The van der Waals surface area contributed by atoms with Crippen LogP contribution in [0.25, 0.3) is 11.0 Å². The molecule has 0 bridgehead atoms. The molecule has 2 aromatic heterocycles. The number of hydrogen-bond donors (Lipinski definition) is 1. The minimum atomic E-state index is 0.0843. The first-order valence-corrected chi connectivity index (χ1v) is 7.40. The van der Waals surface area contributed by atoms with Crippen LogP contribution in [0.3, 0.4) is 0 Å². The molecule has 3 aromatic rings. The molecule has 3 heteroatoms. The Balaban J connectivity index is 2.23. The lowest BCUT2D eigenvalue weighted by Gasteiger charge is -2.16.